The summed E-state index contributed by atoms with van der Waals surface area (Å²) in [6.45, 7) is 5.95. The predicted molar refractivity (Wildman–Crippen MR) is 76.4 cm³/mol. The van der Waals surface area contributed by atoms with Gasteiger partial charge in [-0.05, 0) is 56.9 Å². The molecule has 4 heteroatoms. The molecule has 0 saturated heterocycles. The summed E-state index contributed by atoms with van der Waals surface area (Å²) in [5.74, 6) is 6.65. The summed E-state index contributed by atoms with van der Waals surface area (Å²) in [5, 5.41) is 0. The van der Waals surface area contributed by atoms with Gasteiger partial charge in [-0.1, -0.05) is 6.92 Å². The van der Waals surface area contributed by atoms with Gasteiger partial charge in [0.2, 0.25) is 0 Å². The summed E-state index contributed by atoms with van der Waals surface area (Å²) in [7, 11) is 0. The molecule has 1 unspecified atom stereocenters. The Morgan fingerprint density at radius 2 is 2.26 bits per heavy atom. The van der Waals surface area contributed by atoms with E-state index >= 15 is 0 Å². The molecule has 19 heavy (non-hydrogen) atoms. The first-order valence-corrected chi connectivity index (χ1v) is 7.62. The molecule has 0 radical (unpaired) electrons. The molecule has 0 amide bonds. The molecule has 0 bridgehead atoms. The van der Waals surface area contributed by atoms with Gasteiger partial charge >= 0.3 is 0 Å². The fourth-order valence-corrected chi connectivity index (χ4v) is 3.45. The molecule has 1 saturated carbocycles. The van der Waals surface area contributed by atoms with E-state index in [-0.39, 0.29) is 11.6 Å². The minimum absolute atomic E-state index is 0.0836. The van der Waals surface area contributed by atoms with Crippen LogP contribution in [0.5, 0.6) is 0 Å². The molecule has 0 spiro atoms. The number of hydrogen-bond acceptors (Lipinski definition) is 4. The molecular weight excluding hydrogens is 240 g/mol. The van der Waals surface area contributed by atoms with Crippen molar-refractivity contribution in [1.29, 1.82) is 0 Å². The lowest BCUT2D eigenvalue weighted by atomic mass is 9.73. The van der Waals surface area contributed by atoms with Crippen molar-refractivity contribution in [1.82, 2.24) is 5.43 Å². The highest BCUT2D eigenvalue weighted by atomic mass is 16.5. The SMILES string of the molecule is CCOC1(C(NN)C2=COCCC2)CCC(C)CC1. The molecule has 0 aromatic rings. The highest BCUT2D eigenvalue weighted by molar-refractivity contribution is 5.17. The standard InChI is InChI=1S/C15H28N2O2/c1-3-19-15(8-6-12(2)7-9-15)14(17-16)13-5-4-10-18-11-13/h11-12,14,17H,3-10,16H2,1-2H3. The van der Waals surface area contributed by atoms with Crippen LogP contribution >= 0.6 is 0 Å². The van der Waals surface area contributed by atoms with Crippen molar-refractivity contribution in [3.8, 4) is 0 Å². The van der Waals surface area contributed by atoms with Crippen molar-refractivity contribution >= 4 is 0 Å². The van der Waals surface area contributed by atoms with Crippen LogP contribution in [0.15, 0.2) is 11.8 Å². The number of rotatable bonds is 5. The van der Waals surface area contributed by atoms with Crippen molar-refractivity contribution < 1.29 is 9.47 Å². The molecule has 2 rings (SSSR count). The number of hydrazine groups is 1. The largest absolute Gasteiger partial charge is 0.501 e. The van der Waals surface area contributed by atoms with Crippen molar-refractivity contribution in [2.45, 2.75) is 64.0 Å². The molecule has 4 nitrogen and oxygen atoms in total. The highest BCUT2D eigenvalue weighted by Crippen LogP contribution is 2.40. The Morgan fingerprint density at radius 3 is 2.79 bits per heavy atom. The second-order valence-corrected chi connectivity index (χ2v) is 5.95. The van der Waals surface area contributed by atoms with Crippen molar-refractivity contribution in [2.75, 3.05) is 13.2 Å². The van der Waals surface area contributed by atoms with Gasteiger partial charge in [-0.15, -0.1) is 0 Å². The van der Waals surface area contributed by atoms with Gasteiger partial charge in [0.15, 0.2) is 0 Å². The van der Waals surface area contributed by atoms with Crippen LogP contribution in [0.4, 0.5) is 0 Å². The van der Waals surface area contributed by atoms with Crippen LogP contribution in [0.25, 0.3) is 0 Å². The Labute approximate surface area is 116 Å². The average Bonchev–Trinajstić information content (AvgIpc) is 2.44. The predicted octanol–water partition coefficient (Wildman–Crippen LogP) is 2.50. The Morgan fingerprint density at radius 1 is 1.53 bits per heavy atom. The molecule has 1 atom stereocenters. The second kappa shape index (κ2) is 6.73. The third kappa shape index (κ3) is 3.30. The summed E-state index contributed by atoms with van der Waals surface area (Å²) < 4.78 is 11.7. The zero-order chi connectivity index (χ0) is 13.7. The smallest absolute Gasteiger partial charge is 0.0887 e. The first kappa shape index (κ1) is 14.8. The Hall–Kier alpha value is -0.580. The van der Waals surface area contributed by atoms with E-state index in [0.717, 1.165) is 44.8 Å². The zero-order valence-corrected chi connectivity index (χ0v) is 12.3. The molecule has 1 heterocycles. The van der Waals surface area contributed by atoms with E-state index in [1.807, 2.05) is 6.26 Å². The summed E-state index contributed by atoms with van der Waals surface area (Å²) in [4.78, 5) is 0. The zero-order valence-electron chi connectivity index (χ0n) is 12.3. The van der Waals surface area contributed by atoms with Crippen molar-refractivity contribution in [3.63, 3.8) is 0 Å². The third-order valence-corrected chi connectivity index (χ3v) is 4.58. The van der Waals surface area contributed by atoms with E-state index in [1.165, 1.54) is 18.4 Å². The van der Waals surface area contributed by atoms with E-state index in [2.05, 4.69) is 19.3 Å². The van der Waals surface area contributed by atoms with Crippen LogP contribution in [-0.2, 0) is 9.47 Å². The first-order chi connectivity index (χ1) is 9.22. The molecular formula is C15H28N2O2. The molecule has 2 aliphatic rings. The van der Waals surface area contributed by atoms with Gasteiger partial charge in [-0.3, -0.25) is 11.3 Å². The molecule has 0 aromatic heterocycles. The summed E-state index contributed by atoms with van der Waals surface area (Å²) >= 11 is 0. The molecule has 1 aliphatic carbocycles. The number of nitrogens with two attached hydrogens (primary N) is 1. The van der Waals surface area contributed by atoms with Crippen LogP contribution in [0.1, 0.15) is 52.4 Å². The van der Waals surface area contributed by atoms with Crippen LogP contribution in [0, 0.1) is 5.92 Å². The average molecular weight is 268 g/mol. The monoisotopic (exact) mass is 268 g/mol. The van der Waals surface area contributed by atoms with Gasteiger partial charge in [0.05, 0.1) is 24.5 Å². The Bertz CT molecular complexity index is 309. The van der Waals surface area contributed by atoms with Gasteiger partial charge in [-0.2, -0.15) is 0 Å². The summed E-state index contributed by atoms with van der Waals surface area (Å²) in [6, 6.07) is 0.0836. The van der Waals surface area contributed by atoms with Crippen molar-refractivity contribution in [3.05, 3.63) is 11.8 Å². The molecule has 1 fully saturated rings. The molecule has 3 N–H and O–H groups in total. The second-order valence-electron chi connectivity index (χ2n) is 5.95. The van der Waals surface area contributed by atoms with Crippen LogP contribution in [-0.4, -0.2) is 24.9 Å². The van der Waals surface area contributed by atoms with Gasteiger partial charge in [0.25, 0.3) is 0 Å². The van der Waals surface area contributed by atoms with E-state index < -0.39 is 0 Å². The Kier molecular flexibility index (Phi) is 5.25. The Balaban J connectivity index is 2.17. The maximum absolute atomic E-state index is 6.19. The first-order valence-electron chi connectivity index (χ1n) is 7.62. The molecule has 1 aliphatic heterocycles. The lowest BCUT2D eigenvalue weighted by Gasteiger charge is -2.45. The molecule has 0 aromatic carbocycles. The van der Waals surface area contributed by atoms with E-state index in [9.17, 15) is 0 Å². The topological polar surface area (TPSA) is 56.5 Å². The van der Waals surface area contributed by atoms with E-state index in [1.54, 1.807) is 0 Å². The fourth-order valence-electron chi connectivity index (χ4n) is 3.45. The van der Waals surface area contributed by atoms with Crippen LogP contribution in [0.3, 0.4) is 0 Å². The maximum Gasteiger partial charge on any atom is 0.0887 e. The third-order valence-electron chi connectivity index (χ3n) is 4.58. The van der Waals surface area contributed by atoms with E-state index in [4.69, 9.17) is 15.3 Å². The van der Waals surface area contributed by atoms with Crippen LogP contribution < -0.4 is 11.3 Å². The van der Waals surface area contributed by atoms with Gasteiger partial charge in [0.1, 0.15) is 0 Å². The lowest BCUT2D eigenvalue weighted by Crippen LogP contribution is -2.57. The highest BCUT2D eigenvalue weighted by Gasteiger charge is 2.43. The number of hydrogen-bond donors (Lipinski definition) is 2. The summed E-state index contributed by atoms with van der Waals surface area (Å²) in [6.07, 6.45) is 8.61. The quantitative estimate of drug-likeness (QED) is 0.594. The van der Waals surface area contributed by atoms with Gasteiger partial charge < -0.3 is 9.47 Å². The normalized spacial score (nSPS) is 33.4. The fraction of sp³-hybridized carbons (Fsp3) is 0.867. The minimum atomic E-state index is -0.150. The van der Waals surface area contributed by atoms with Gasteiger partial charge in [0, 0.05) is 6.61 Å². The van der Waals surface area contributed by atoms with E-state index in [0.29, 0.717) is 0 Å². The summed E-state index contributed by atoms with van der Waals surface area (Å²) in [5.41, 5.74) is 4.12. The maximum atomic E-state index is 6.19. The minimum Gasteiger partial charge on any atom is -0.501 e. The van der Waals surface area contributed by atoms with Crippen LogP contribution in [0.2, 0.25) is 0 Å². The van der Waals surface area contributed by atoms with Gasteiger partial charge in [-0.25, -0.2) is 0 Å². The molecule has 110 valence electrons. The number of ether oxygens (including phenoxy) is 2. The van der Waals surface area contributed by atoms with Crippen molar-refractivity contribution in [2.24, 2.45) is 11.8 Å². The lowest BCUT2D eigenvalue weighted by molar-refractivity contribution is -0.0901. The number of nitrogens with one attached hydrogen (secondary N) is 1.